The first-order valence-corrected chi connectivity index (χ1v) is 9.85. The summed E-state index contributed by atoms with van der Waals surface area (Å²) in [7, 11) is -0.935. The topological polar surface area (TPSA) is 0 Å². The second-order valence-electron chi connectivity index (χ2n) is 5.84. The molecule has 1 heteroatoms. The third-order valence-corrected chi connectivity index (χ3v) is 7.58. The highest BCUT2D eigenvalue weighted by molar-refractivity contribution is 6.77. The van der Waals surface area contributed by atoms with Crippen LogP contribution in [0.25, 0.3) is 0 Å². The predicted molar refractivity (Wildman–Crippen MR) is 69.6 cm³/mol. The molecule has 0 N–H and O–H groups in total. The molecule has 2 rings (SSSR count). The zero-order chi connectivity index (χ0) is 10.9. The van der Waals surface area contributed by atoms with Crippen LogP contribution in [0.15, 0.2) is 17.2 Å². The maximum atomic E-state index is 3.62. The zero-order valence-electron chi connectivity index (χ0n) is 10.4. The van der Waals surface area contributed by atoms with E-state index < -0.39 is 8.07 Å². The molecule has 1 unspecified atom stereocenters. The SMILES string of the molecule is CC[Si](C)(C)CC1[C]=CC2=C1CCCC2. The average Bonchev–Trinajstić information content (AvgIpc) is 2.62. The van der Waals surface area contributed by atoms with Crippen LogP contribution in [-0.2, 0) is 0 Å². The van der Waals surface area contributed by atoms with Crippen molar-refractivity contribution in [2.24, 2.45) is 5.92 Å². The molecule has 0 aliphatic heterocycles. The summed E-state index contributed by atoms with van der Waals surface area (Å²) < 4.78 is 0. The molecule has 0 spiro atoms. The molecule has 0 aromatic heterocycles. The van der Waals surface area contributed by atoms with Crippen LogP contribution in [-0.4, -0.2) is 8.07 Å². The van der Waals surface area contributed by atoms with Gasteiger partial charge in [0, 0.05) is 14.0 Å². The van der Waals surface area contributed by atoms with Gasteiger partial charge in [0.25, 0.3) is 0 Å². The molecular weight excluding hydrogens is 196 g/mol. The molecule has 0 fully saturated rings. The predicted octanol–water partition coefficient (Wildman–Crippen LogP) is 4.57. The van der Waals surface area contributed by atoms with E-state index in [1.807, 2.05) is 0 Å². The van der Waals surface area contributed by atoms with E-state index in [0.29, 0.717) is 5.92 Å². The summed E-state index contributed by atoms with van der Waals surface area (Å²) in [5, 5.41) is 0. The van der Waals surface area contributed by atoms with E-state index in [4.69, 9.17) is 0 Å². The van der Waals surface area contributed by atoms with Crippen molar-refractivity contribution in [3.8, 4) is 0 Å². The van der Waals surface area contributed by atoms with Gasteiger partial charge in [0.15, 0.2) is 0 Å². The van der Waals surface area contributed by atoms with Gasteiger partial charge < -0.3 is 0 Å². The quantitative estimate of drug-likeness (QED) is 0.610. The van der Waals surface area contributed by atoms with Gasteiger partial charge in [-0.25, -0.2) is 0 Å². The Balaban J connectivity index is 2.06. The smallest absolute Gasteiger partial charge is 0.0480 e. The molecule has 0 amide bonds. The number of hydrogen-bond acceptors (Lipinski definition) is 0. The first kappa shape index (κ1) is 11.2. The van der Waals surface area contributed by atoms with E-state index in [-0.39, 0.29) is 0 Å². The average molecular weight is 219 g/mol. The highest BCUT2D eigenvalue weighted by Gasteiger charge is 2.29. The third-order valence-electron chi connectivity index (χ3n) is 4.15. The summed E-state index contributed by atoms with van der Waals surface area (Å²) in [6, 6.07) is 2.84. The van der Waals surface area contributed by atoms with Gasteiger partial charge in [0.05, 0.1) is 0 Å². The van der Waals surface area contributed by atoms with Crippen molar-refractivity contribution in [2.75, 3.05) is 0 Å². The van der Waals surface area contributed by atoms with Gasteiger partial charge in [-0.3, -0.25) is 0 Å². The molecule has 2 aliphatic carbocycles. The maximum Gasteiger partial charge on any atom is 0.0480 e. The lowest BCUT2D eigenvalue weighted by molar-refractivity contribution is 0.638. The summed E-state index contributed by atoms with van der Waals surface area (Å²) in [4.78, 5) is 0. The van der Waals surface area contributed by atoms with E-state index in [9.17, 15) is 0 Å². The van der Waals surface area contributed by atoms with E-state index in [2.05, 4.69) is 32.2 Å². The largest absolute Gasteiger partial charge is 0.0693 e. The van der Waals surface area contributed by atoms with Gasteiger partial charge in [-0.15, -0.1) is 0 Å². The Morgan fingerprint density at radius 1 is 1.33 bits per heavy atom. The Hall–Kier alpha value is -0.303. The minimum absolute atomic E-state index is 0.710. The van der Waals surface area contributed by atoms with Gasteiger partial charge in [-0.05, 0) is 43.4 Å². The molecule has 0 heterocycles. The molecular formula is C14H23Si. The van der Waals surface area contributed by atoms with Crippen molar-refractivity contribution >= 4 is 8.07 Å². The van der Waals surface area contributed by atoms with Crippen molar-refractivity contribution in [2.45, 2.75) is 57.8 Å². The molecule has 0 saturated carbocycles. The minimum atomic E-state index is -0.935. The van der Waals surface area contributed by atoms with E-state index in [0.717, 1.165) is 0 Å². The fraction of sp³-hybridized carbons (Fsp3) is 0.714. The lowest BCUT2D eigenvalue weighted by Crippen LogP contribution is -2.27. The van der Waals surface area contributed by atoms with E-state index >= 15 is 0 Å². The lowest BCUT2D eigenvalue weighted by Gasteiger charge is -2.27. The summed E-state index contributed by atoms with van der Waals surface area (Å²) in [6.45, 7) is 7.41. The van der Waals surface area contributed by atoms with Gasteiger partial charge >= 0.3 is 0 Å². The Kier molecular flexibility index (Phi) is 3.20. The molecule has 15 heavy (non-hydrogen) atoms. The normalized spacial score (nSPS) is 25.9. The lowest BCUT2D eigenvalue weighted by atomic mass is 9.89. The van der Waals surface area contributed by atoms with E-state index in [1.54, 1.807) is 11.1 Å². The van der Waals surface area contributed by atoms with E-state index in [1.165, 1.54) is 37.8 Å². The van der Waals surface area contributed by atoms with Gasteiger partial charge in [-0.2, -0.15) is 0 Å². The number of hydrogen-bond donors (Lipinski definition) is 0. The standard InChI is InChI=1S/C14H23Si/c1-4-15(2,3)11-13-10-9-12-7-5-6-8-14(12)13/h9,13H,4-8,11H2,1-3H3. The summed E-state index contributed by atoms with van der Waals surface area (Å²) in [5.74, 6) is 0.710. The number of allylic oxidation sites excluding steroid dienone is 4. The van der Waals surface area contributed by atoms with Crippen LogP contribution in [0, 0.1) is 12.0 Å². The highest BCUT2D eigenvalue weighted by atomic mass is 28.3. The van der Waals surface area contributed by atoms with Crippen molar-refractivity contribution in [1.29, 1.82) is 0 Å². The van der Waals surface area contributed by atoms with Gasteiger partial charge in [-0.1, -0.05) is 37.7 Å². The van der Waals surface area contributed by atoms with Crippen LogP contribution >= 0.6 is 0 Å². The van der Waals surface area contributed by atoms with Gasteiger partial charge in [0.1, 0.15) is 0 Å². The Labute approximate surface area is 95.5 Å². The van der Waals surface area contributed by atoms with Crippen molar-refractivity contribution in [3.63, 3.8) is 0 Å². The molecule has 2 aliphatic rings. The molecule has 0 aromatic rings. The van der Waals surface area contributed by atoms with Gasteiger partial charge in [0.2, 0.25) is 0 Å². The molecule has 1 radical (unpaired) electrons. The van der Waals surface area contributed by atoms with Crippen LogP contribution in [0.4, 0.5) is 0 Å². The molecule has 0 saturated heterocycles. The zero-order valence-corrected chi connectivity index (χ0v) is 11.4. The third kappa shape index (κ3) is 2.44. The maximum absolute atomic E-state index is 3.62. The monoisotopic (exact) mass is 219 g/mol. The van der Waals surface area contributed by atoms with Crippen LogP contribution in [0.3, 0.4) is 0 Å². The van der Waals surface area contributed by atoms with Crippen LogP contribution in [0.1, 0.15) is 32.6 Å². The Morgan fingerprint density at radius 3 is 2.80 bits per heavy atom. The molecule has 1 atom stereocenters. The summed E-state index contributed by atoms with van der Waals surface area (Å²) >= 11 is 0. The summed E-state index contributed by atoms with van der Waals surface area (Å²) in [6.07, 6.45) is 11.4. The second kappa shape index (κ2) is 4.29. The minimum Gasteiger partial charge on any atom is -0.0693 e. The van der Waals surface area contributed by atoms with Crippen molar-refractivity contribution < 1.29 is 0 Å². The van der Waals surface area contributed by atoms with Crippen LogP contribution in [0.5, 0.6) is 0 Å². The van der Waals surface area contributed by atoms with Crippen LogP contribution < -0.4 is 0 Å². The number of rotatable bonds is 3. The first-order valence-electron chi connectivity index (χ1n) is 6.43. The highest BCUT2D eigenvalue weighted by Crippen LogP contribution is 2.39. The Bertz CT molecular complexity index is 296. The molecule has 0 bridgehead atoms. The first-order chi connectivity index (χ1) is 7.12. The molecule has 0 aromatic carbocycles. The summed E-state index contributed by atoms with van der Waals surface area (Å²) in [5.41, 5.74) is 3.41. The van der Waals surface area contributed by atoms with Crippen molar-refractivity contribution in [1.82, 2.24) is 0 Å². The fourth-order valence-electron chi connectivity index (χ4n) is 2.70. The fourth-order valence-corrected chi connectivity index (χ4v) is 4.45. The molecule has 83 valence electrons. The van der Waals surface area contributed by atoms with Crippen LogP contribution in [0.2, 0.25) is 25.2 Å². The second-order valence-corrected chi connectivity index (χ2v) is 11.3. The molecule has 0 nitrogen and oxygen atoms in total. The van der Waals surface area contributed by atoms with Crippen molar-refractivity contribution in [3.05, 3.63) is 23.3 Å². The Morgan fingerprint density at radius 2 is 2.07 bits per heavy atom.